The monoisotopic (exact) mass is 194 g/mol. The zero-order valence-electron chi connectivity index (χ0n) is 7.90. The molecule has 0 spiro atoms. The summed E-state index contributed by atoms with van der Waals surface area (Å²) in [5.74, 6) is -0.542. The maximum absolute atomic E-state index is 10.3. The number of aryl methyl sites for hydroxylation is 2. The molecule has 0 aliphatic rings. The lowest BCUT2D eigenvalue weighted by Crippen LogP contribution is -2.15. The number of hydrogen-bond acceptors (Lipinski definition) is 4. The average Bonchev–Trinajstić information content (AvgIpc) is 2.36. The van der Waals surface area contributed by atoms with Crippen LogP contribution in [0.1, 0.15) is 11.3 Å². The van der Waals surface area contributed by atoms with Crippen LogP contribution in [0.4, 0.5) is 5.82 Å². The van der Waals surface area contributed by atoms with Crippen LogP contribution < -0.4 is 5.32 Å². The molecule has 6 nitrogen and oxygen atoms in total. The molecule has 0 aliphatic heterocycles. The summed E-state index contributed by atoms with van der Waals surface area (Å²) in [4.78, 5) is 10.3. The van der Waals surface area contributed by atoms with E-state index in [-0.39, 0.29) is 6.54 Å². The van der Waals surface area contributed by atoms with Crippen LogP contribution in [0.15, 0.2) is 0 Å². The fraction of sp³-hybridized carbons (Fsp3) is 0.375. The second-order valence-electron chi connectivity index (χ2n) is 2.79. The SMILES string of the molecule is Cc1nn(C)c(NCC(=O)O)c1C#N. The lowest BCUT2D eigenvalue weighted by molar-refractivity contribution is -0.134. The highest BCUT2D eigenvalue weighted by molar-refractivity contribution is 5.73. The predicted octanol–water partition coefficient (Wildman–Crippen LogP) is 0.0967. The van der Waals surface area contributed by atoms with Crippen molar-refractivity contribution in [1.82, 2.24) is 9.78 Å². The van der Waals surface area contributed by atoms with E-state index in [1.165, 1.54) is 4.68 Å². The molecular weight excluding hydrogens is 184 g/mol. The number of anilines is 1. The van der Waals surface area contributed by atoms with Gasteiger partial charge in [-0.15, -0.1) is 0 Å². The molecule has 0 saturated carbocycles. The van der Waals surface area contributed by atoms with Crippen LogP contribution in [0.5, 0.6) is 0 Å². The van der Waals surface area contributed by atoms with Crippen molar-refractivity contribution in [2.24, 2.45) is 7.05 Å². The third-order valence-electron chi connectivity index (χ3n) is 1.74. The molecule has 0 amide bonds. The van der Waals surface area contributed by atoms with E-state index in [9.17, 15) is 4.79 Å². The van der Waals surface area contributed by atoms with Gasteiger partial charge in [-0.1, -0.05) is 0 Å². The predicted molar refractivity (Wildman–Crippen MR) is 48.8 cm³/mol. The number of carboxylic acids is 1. The van der Waals surface area contributed by atoms with Gasteiger partial charge in [-0.25, -0.2) is 0 Å². The largest absolute Gasteiger partial charge is 0.480 e. The van der Waals surface area contributed by atoms with Gasteiger partial charge in [0.05, 0.1) is 5.69 Å². The number of carboxylic acid groups (broad SMARTS) is 1. The number of carbonyl (C=O) groups is 1. The van der Waals surface area contributed by atoms with E-state index in [0.717, 1.165) is 0 Å². The first kappa shape index (κ1) is 10.1. The van der Waals surface area contributed by atoms with Crippen molar-refractivity contribution in [2.75, 3.05) is 11.9 Å². The van der Waals surface area contributed by atoms with Crippen molar-refractivity contribution in [1.29, 1.82) is 5.26 Å². The molecule has 0 radical (unpaired) electrons. The quantitative estimate of drug-likeness (QED) is 0.711. The average molecular weight is 194 g/mol. The van der Waals surface area contributed by atoms with Crippen molar-refractivity contribution >= 4 is 11.8 Å². The van der Waals surface area contributed by atoms with Gasteiger partial charge in [-0.3, -0.25) is 9.48 Å². The van der Waals surface area contributed by atoms with Crippen LogP contribution in [-0.4, -0.2) is 27.4 Å². The van der Waals surface area contributed by atoms with Gasteiger partial charge in [0.25, 0.3) is 0 Å². The Hall–Kier alpha value is -2.03. The van der Waals surface area contributed by atoms with Gasteiger partial charge in [-0.05, 0) is 6.92 Å². The Balaban J connectivity index is 2.96. The van der Waals surface area contributed by atoms with E-state index in [1.807, 2.05) is 6.07 Å². The molecule has 1 aromatic rings. The zero-order valence-corrected chi connectivity index (χ0v) is 7.90. The smallest absolute Gasteiger partial charge is 0.322 e. The Bertz CT molecular complexity index is 402. The number of nitriles is 1. The minimum atomic E-state index is -0.979. The first-order valence-corrected chi connectivity index (χ1v) is 3.95. The highest BCUT2D eigenvalue weighted by atomic mass is 16.4. The van der Waals surface area contributed by atoms with Crippen LogP contribution in [-0.2, 0) is 11.8 Å². The summed E-state index contributed by atoms with van der Waals surface area (Å²) in [5.41, 5.74) is 0.969. The summed E-state index contributed by atoms with van der Waals surface area (Å²) in [7, 11) is 1.65. The van der Waals surface area contributed by atoms with Crippen LogP contribution in [0, 0.1) is 18.3 Å². The second-order valence-corrected chi connectivity index (χ2v) is 2.79. The van der Waals surface area contributed by atoms with Gasteiger partial charge >= 0.3 is 5.97 Å². The maximum atomic E-state index is 10.3. The molecule has 0 fully saturated rings. The Kier molecular flexibility index (Phi) is 2.72. The Morgan fingerprint density at radius 1 is 1.79 bits per heavy atom. The lowest BCUT2D eigenvalue weighted by Gasteiger charge is -2.03. The number of nitrogens with zero attached hydrogens (tertiary/aromatic N) is 3. The zero-order chi connectivity index (χ0) is 10.7. The van der Waals surface area contributed by atoms with E-state index in [0.29, 0.717) is 17.1 Å². The van der Waals surface area contributed by atoms with E-state index in [4.69, 9.17) is 10.4 Å². The minimum Gasteiger partial charge on any atom is -0.480 e. The number of hydrogen-bond donors (Lipinski definition) is 2. The first-order chi connectivity index (χ1) is 6.56. The van der Waals surface area contributed by atoms with Gasteiger partial charge in [0, 0.05) is 7.05 Å². The highest BCUT2D eigenvalue weighted by Crippen LogP contribution is 2.16. The fourth-order valence-electron chi connectivity index (χ4n) is 1.15. The minimum absolute atomic E-state index is 0.229. The lowest BCUT2D eigenvalue weighted by atomic mass is 10.2. The second kappa shape index (κ2) is 3.79. The highest BCUT2D eigenvalue weighted by Gasteiger charge is 2.12. The molecular formula is C8H10N4O2. The number of aliphatic carboxylic acids is 1. The van der Waals surface area contributed by atoms with Gasteiger partial charge in [0.2, 0.25) is 0 Å². The summed E-state index contributed by atoms with van der Waals surface area (Å²) in [6.45, 7) is 1.47. The summed E-state index contributed by atoms with van der Waals surface area (Å²) in [5, 5.41) is 23.9. The first-order valence-electron chi connectivity index (χ1n) is 3.95. The maximum Gasteiger partial charge on any atom is 0.322 e. The van der Waals surface area contributed by atoms with Gasteiger partial charge in [0.1, 0.15) is 24.0 Å². The van der Waals surface area contributed by atoms with Crippen molar-refractivity contribution in [3.05, 3.63) is 11.3 Å². The van der Waals surface area contributed by atoms with Crippen molar-refractivity contribution in [3.63, 3.8) is 0 Å². The molecule has 1 rings (SSSR count). The molecule has 2 N–H and O–H groups in total. The number of rotatable bonds is 3. The van der Waals surface area contributed by atoms with Crippen molar-refractivity contribution < 1.29 is 9.90 Å². The molecule has 0 saturated heterocycles. The normalized spacial score (nSPS) is 9.50. The van der Waals surface area contributed by atoms with Crippen LogP contribution >= 0.6 is 0 Å². The third-order valence-corrected chi connectivity index (χ3v) is 1.74. The fourth-order valence-corrected chi connectivity index (χ4v) is 1.15. The topological polar surface area (TPSA) is 90.9 Å². The Morgan fingerprint density at radius 3 is 2.93 bits per heavy atom. The molecule has 6 heteroatoms. The van der Waals surface area contributed by atoms with Gasteiger partial charge in [0.15, 0.2) is 0 Å². The van der Waals surface area contributed by atoms with Crippen LogP contribution in [0.25, 0.3) is 0 Å². The molecule has 0 bridgehead atoms. The number of nitrogens with one attached hydrogen (secondary N) is 1. The van der Waals surface area contributed by atoms with Gasteiger partial charge in [-0.2, -0.15) is 10.4 Å². The number of aromatic nitrogens is 2. The van der Waals surface area contributed by atoms with E-state index in [2.05, 4.69) is 10.4 Å². The molecule has 0 aliphatic carbocycles. The van der Waals surface area contributed by atoms with Gasteiger partial charge < -0.3 is 10.4 Å². The summed E-state index contributed by atoms with van der Waals surface area (Å²) in [6.07, 6.45) is 0. The summed E-state index contributed by atoms with van der Waals surface area (Å²) >= 11 is 0. The molecule has 0 unspecified atom stereocenters. The molecule has 0 aromatic carbocycles. The van der Waals surface area contributed by atoms with Crippen molar-refractivity contribution in [2.45, 2.75) is 6.92 Å². The summed E-state index contributed by atoms with van der Waals surface area (Å²) < 4.78 is 1.46. The Morgan fingerprint density at radius 2 is 2.43 bits per heavy atom. The molecule has 74 valence electrons. The molecule has 0 atom stereocenters. The Labute approximate surface area is 80.8 Å². The third kappa shape index (κ3) is 1.82. The van der Waals surface area contributed by atoms with Crippen molar-refractivity contribution in [3.8, 4) is 6.07 Å². The molecule has 1 aromatic heterocycles. The summed E-state index contributed by atoms with van der Waals surface area (Å²) in [6, 6.07) is 1.97. The molecule has 1 heterocycles. The van der Waals surface area contributed by atoms with E-state index < -0.39 is 5.97 Å². The van der Waals surface area contributed by atoms with E-state index in [1.54, 1.807) is 14.0 Å². The molecule has 14 heavy (non-hydrogen) atoms. The standard InChI is InChI=1S/C8H10N4O2/c1-5-6(3-9)8(12(2)11-5)10-4-7(13)14/h10H,4H2,1-2H3,(H,13,14). The van der Waals surface area contributed by atoms with Crippen LogP contribution in [0.3, 0.4) is 0 Å². The van der Waals surface area contributed by atoms with Crippen LogP contribution in [0.2, 0.25) is 0 Å². The van der Waals surface area contributed by atoms with E-state index >= 15 is 0 Å².